The molecule has 30 heavy (non-hydrogen) atoms. The molecule has 0 rings (SSSR count). The van der Waals surface area contributed by atoms with Gasteiger partial charge in [0.1, 0.15) is 0 Å². The zero-order chi connectivity index (χ0) is 23.6. The van der Waals surface area contributed by atoms with E-state index in [0.717, 1.165) is 38.5 Å². The molecule has 8 heteroatoms. The number of aliphatic carboxylic acids is 1. The third-order valence-corrected chi connectivity index (χ3v) is 5.08. The van der Waals surface area contributed by atoms with Crippen LogP contribution in [0.2, 0.25) is 0 Å². The van der Waals surface area contributed by atoms with Crippen LogP contribution in [0.4, 0.5) is 0 Å². The highest BCUT2D eigenvalue weighted by atomic mass is 17.1. The van der Waals surface area contributed by atoms with Crippen molar-refractivity contribution in [3.8, 4) is 0 Å². The molecule has 0 bridgehead atoms. The number of rotatable bonds is 16. The number of carbonyl (C=O) groups is 1. The Morgan fingerprint density at radius 1 is 0.767 bits per heavy atom. The zero-order valence-corrected chi connectivity index (χ0v) is 19.6. The van der Waals surface area contributed by atoms with Gasteiger partial charge in [-0.1, -0.05) is 71.1 Å². The third-order valence-electron chi connectivity index (χ3n) is 5.08. The minimum absolute atomic E-state index is 0.138. The first-order valence-corrected chi connectivity index (χ1v) is 11.5. The minimum Gasteiger partial charge on any atom is -0.550 e. The highest BCUT2D eigenvalue weighted by molar-refractivity contribution is 5.63. The standard InChI is InChI=1S/C18H36O4.C4H12NO3/c1-2-3-4-5-7-10-13-16(19)17(20)14-11-8-6-9-12-15-18(21)22;1-4(2,3)5(6,7)8/h16-17,19-20H,2-15H2,1H3,(H,21,22);6-8H,1-3H3/q;+1/p-1. The summed E-state index contributed by atoms with van der Waals surface area (Å²) in [6.07, 6.45) is 11.8. The van der Waals surface area contributed by atoms with E-state index in [9.17, 15) is 20.1 Å². The van der Waals surface area contributed by atoms with Crippen molar-refractivity contribution in [2.24, 2.45) is 0 Å². The second-order valence-electron chi connectivity index (χ2n) is 9.11. The number of unbranched alkanes of at least 4 members (excludes halogenated alkanes) is 9. The fourth-order valence-electron chi connectivity index (χ4n) is 2.67. The van der Waals surface area contributed by atoms with Crippen molar-refractivity contribution in [1.29, 1.82) is 0 Å². The van der Waals surface area contributed by atoms with Crippen LogP contribution in [0.25, 0.3) is 0 Å². The topological polar surface area (TPSA) is 141 Å². The Labute approximate surface area is 182 Å². The van der Waals surface area contributed by atoms with E-state index < -0.39 is 28.7 Å². The van der Waals surface area contributed by atoms with Crippen molar-refractivity contribution in [3.05, 3.63) is 0 Å². The molecule has 0 aromatic rings. The maximum Gasteiger partial charge on any atom is 0.188 e. The molecule has 0 saturated heterocycles. The van der Waals surface area contributed by atoms with E-state index in [4.69, 9.17) is 15.6 Å². The van der Waals surface area contributed by atoms with Gasteiger partial charge < -0.3 is 20.1 Å². The van der Waals surface area contributed by atoms with Gasteiger partial charge in [-0.3, -0.25) is 0 Å². The van der Waals surface area contributed by atoms with Gasteiger partial charge in [-0.2, -0.15) is 0 Å². The van der Waals surface area contributed by atoms with E-state index in [1.807, 2.05) is 0 Å². The van der Waals surface area contributed by atoms with Gasteiger partial charge in [0.05, 0.1) is 17.2 Å². The number of aliphatic hydroxyl groups is 2. The molecule has 0 aliphatic carbocycles. The van der Waals surface area contributed by atoms with Crippen LogP contribution in [0, 0.1) is 0 Å². The van der Waals surface area contributed by atoms with Crippen molar-refractivity contribution >= 4 is 5.97 Å². The van der Waals surface area contributed by atoms with Crippen molar-refractivity contribution in [1.82, 2.24) is 0 Å². The van der Waals surface area contributed by atoms with Gasteiger partial charge in [-0.25, -0.2) is 0 Å². The zero-order valence-electron chi connectivity index (χ0n) is 19.6. The highest BCUT2D eigenvalue weighted by Crippen LogP contribution is 2.15. The maximum atomic E-state index is 10.2. The average Bonchev–Trinajstić information content (AvgIpc) is 2.62. The van der Waals surface area contributed by atoms with Gasteiger partial charge in [0, 0.05) is 5.97 Å². The van der Waals surface area contributed by atoms with Crippen LogP contribution in [-0.4, -0.2) is 54.5 Å². The van der Waals surface area contributed by atoms with E-state index in [1.54, 1.807) is 0 Å². The number of hydrogen-bond donors (Lipinski definition) is 5. The van der Waals surface area contributed by atoms with Crippen LogP contribution in [0.3, 0.4) is 0 Å². The summed E-state index contributed by atoms with van der Waals surface area (Å²) in [5, 5.41) is 55.2. The Hall–Kier alpha value is -0.770. The summed E-state index contributed by atoms with van der Waals surface area (Å²) in [6.45, 7) is 6.68. The van der Waals surface area contributed by atoms with Crippen molar-refractivity contribution in [2.45, 2.75) is 135 Å². The molecule has 0 aromatic carbocycles. The van der Waals surface area contributed by atoms with E-state index in [2.05, 4.69) is 6.92 Å². The Bertz CT molecular complexity index is 393. The maximum absolute atomic E-state index is 10.2. The monoisotopic (exact) mass is 437 g/mol. The molecule has 8 nitrogen and oxygen atoms in total. The third kappa shape index (κ3) is 20.5. The van der Waals surface area contributed by atoms with Gasteiger partial charge in [-0.15, -0.1) is 15.6 Å². The number of hydroxylamine groups is 3. The van der Waals surface area contributed by atoms with Gasteiger partial charge in [0.2, 0.25) is 0 Å². The molecular weight excluding hydrogens is 390 g/mol. The summed E-state index contributed by atoms with van der Waals surface area (Å²) < 4.78 is 0. The Balaban J connectivity index is 0. The second-order valence-corrected chi connectivity index (χ2v) is 9.11. The molecule has 0 spiro atoms. The van der Waals surface area contributed by atoms with Gasteiger partial charge >= 0.3 is 0 Å². The predicted octanol–water partition coefficient (Wildman–Crippen LogP) is 3.71. The molecule has 0 saturated carbocycles. The molecule has 182 valence electrons. The number of nitrogens with zero attached hydrogens (tertiary/aromatic N) is 1. The van der Waals surface area contributed by atoms with Crippen LogP contribution in [-0.2, 0) is 4.79 Å². The van der Waals surface area contributed by atoms with E-state index in [0.29, 0.717) is 19.3 Å². The molecule has 2 unspecified atom stereocenters. The summed E-state index contributed by atoms with van der Waals surface area (Å²) in [5.74, 6) is -0.978. The largest absolute Gasteiger partial charge is 0.550 e. The number of carboxylic acids is 1. The molecule has 0 heterocycles. The molecular formula is C22H47NO7. The van der Waals surface area contributed by atoms with Crippen LogP contribution < -0.4 is 5.11 Å². The fourth-order valence-corrected chi connectivity index (χ4v) is 2.67. The van der Waals surface area contributed by atoms with Gasteiger partial charge in [0.15, 0.2) is 5.54 Å². The normalized spacial score (nSPS) is 14.0. The molecule has 0 radical (unpaired) electrons. The summed E-state index contributed by atoms with van der Waals surface area (Å²) in [6, 6.07) is 0. The molecule has 0 amide bonds. The average molecular weight is 438 g/mol. The summed E-state index contributed by atoms with van der Waals surface area (Å²) in [4.78, 5) is 8.26. The van der Waals surface area contributed by atoms with Crippen molar-refractivity contribution < 1.29 is 40.7 Å². The van der Waals surface area contributed by atoms with Gasteiger partial charge in [0.25, 0.3) is 0 Å². The van der Waals surface area contributed by atoms with Crippen LogP contribution >= 0.6 is 0 Å². The first-order valence-electron chi connectivity index (χ1n) is 11.5. The molecule has 0 aliphatic heterocycles. The molecule has 5 N–H and O–H groups in total. The number of quaternary nitrogens is 1. The smallest absolute Gasteiger partial charge is 0.188 e. The summed E-state index contributed by atoms with van der Waals surface area (Å²) >= 11 is 0. The van der Waals surface area contributed by atoms with Crippen LogP contribution in [0.15, 0.2) is 0 Å². The second kappa shape index (κ2) is 17.9. The Morgan fingerprint density at radius 3 is 1.43 bits per heavy atom. The SMILES string of the molecule is CC(C)(C)[N+](O)(O)O.CCCCCCCCC(O)C(O)CCCCCCCC(=O)[O-]. The van der Waals surface area contributed by atoms with Gasteiger partial charge in [-0.05, 0) is 46.5 Å². The predicted molar refractivity (Wildman–Crippen MR) is 113 cm³/mol. The number of carbonyl (C=O) groups excluding carboxylic acids is 1. The number of hydrogen-bond acceptors (Lipinski definition) is 7. The summed E-state index contributed by atoms with van der Waals surface area (Å²) in [7, 11) is 0. The number of aliphatic hydroxyl groups excluding tert-OH is 2. The molecule has 0 aromatic heterocycles. The molecule has 2 atom stereocenters. The van der Waals surface area contributed by atoms with E-state index >= 15 is 0 Å². The highest BCUT2D eigenvalue weighted by Gasteiger charge is 2.38. The lowest BCUT2D eigenvalue weighted by Crippen LogP contribution is -2.52. The van der Waals surface area contributed by atoms with Crippen LogP contribution in [0.1, 0.15) is 118 Å². The quantitative estimate of drug-likeness (QED) is 0.141. The van der Waals surface area contributed by atoms with E-state index in [1.165, 1.54) is 46.5 Å². The minimum atomic E-state index is -1.98. The van der Waals surface area contributed by atoms with Crippen molar-refractivity contribution in [2.75, 3.05) is 0 Å². The molecule has 0 fully saturated rings. The molecule has 0 aliphatic rings. The first kappa shape index (κ1) is 31.4. The lowest BCUT2D eigenvalue weighted by Gasteiger charge is -2.25. The van der Waals surface area contributed by atoms with Crippen LogP contribution in [0.5, 0.6) is 0 Å². The van der Waals surface area contributed by atoms with E-state index in [-0.39, 0.29) is 6.42 Å². The van der Waals surface area contributed by atoms with Crippen molar-refractivity contribution in [3.63, 3.8) is 0 Å². The Kier molecular flexibility index (Phi) is 18.7. The lowest BCUT2D eigenvalue weighted by molar-refractivity contribution is -1.39. The fraction of sp³-hybridized carbons (Fsp3) is 0.955. The summed E-state index contributed by atoms with van der Waals surface area (Å²) in [5.41, 5.74) is -0.958. The number of carboxylic acid groups (broad SMARTS) is 1. The Morgan fingerprint density at radius 2 is 1.10 bits per heavy atom. The lowest BCUT2D eigenvalue weighted by atomic mass is 9.99. The first-order chi connectivity index (χ1) is 13.8.